The standard InChI is InChI=1S/C40H44FN3O4/c1-38-14-9-27(45)19-25(38)7-8-28-31(38)10-15-39(2)32(28)11-16-40(39,48)17-12-34(46)43-22-23-3-5-24(6-4-23)36-29-13-18-42-37(47)30-20-26(41)21-33(44-36)35(29)30/h3-6,20-21,25,28,31-32,44,48H,7-11,13-16,18-19,22H2,1-2H3,(H,42,47)(H,43,46)/t25-,28+,31-,32-,38-,39-,40+/m0/s1. The topological polar surface area (TPSA) is 111 Å². The average Bonchev–Trinajstić information content (AvgIpc) is 3.50. The van der Waals surface area contributed by atoms with E-state index in [1.165, 1.54) is 12.1 Å². The fourth-order valence-electron chi connectivity index (χ4n) is 10.9. The molecule has 2 amide bonds. The van der Waals surface area contributed by atoms with Gasteiger partial charge >= 0.3 is 0 Å². The number of hydrogen-bond acceptors (Lipinski definition) is 4. The maximum atomic E-state index is 14.3. The molecule has 0 radical (unpaired) electrons. The van der Waals surface area contributed by atoms with Crippen LogP contribution in [0.2, 0.25) is 0 Å². The molecule has 2 aromatic carbocycles. The van der Waals surface area contributed by atoms with Gasteiger partial charge in [0, 0.05) is 47.9 Å². The van der Waals surface area contributed by atoms with Crippen LogP contribution in [0.25, 0.3) is 22.2 Å². The summed E-state index contributed by atoms with van der Waals surface area (Å²) in [5, 5.41) is 18.5. The van der Waals surface area contributed by atoms with Crippen molar-refractivity contribution in [3.63, 3.8) is 0 Å². The van der Waals surface area contributed by atoms with Crippen LogP contribution in [0.3, 0.4) is 0 Å². The zero-order valence-electron chi connectivity index (χ0n) is 27.8. The number of rotatable bonds is 3. The second kappa shape index (κ2) is 11.3. The summed E-state index contributed by atoms with van der Waals surface area (Å²) in [4.78, 5) is 41.0. The lowest BCUT2D eigenvalue weighted by molar-refractivity contribution is -0.147. The van der Waals surface area contributed by atoms with Crippen LogP contribution in [0.15, 0.2) is 36.4 Å². The highest BCUT2D eigenvalue weighted by Gasteiger charge is 2.64. The Morgan fingerprint density at radius 3 is 2.62 bits per heavy atom. The molecule has 0 unspecified atom stereocenters. The van der Waals surface area contributed by atoms with Crippen molar-refractivity contribution in [2.45, 2.75) is 90.2 Å². The van der Waals surface area contributed by atoms with Gasteiger partial charge in [-0.2, -0.15) is 0 Å². The first-order valence-corrected chi connectivity index (χ1v) is 17.8. The van der Waals surface area contributed by atoms with E-state index in [4.69, 9.17) is 0 Å². The van der Waals surface area contributed by atoms with Crippen molar-refractivity contribution in [3.05, 3.63) is 58.9 Å². The van der Waals surface area contributed by atoms with Gasteiger partial charge in [0.05, 0.1) is 5.56 Å². The number of fused-ring (bicyclic) bond motifs is 5. The summed E-state index contributed by atoms with van der Waals surface area (Å²) in [5.41, 5.74) is 3.28. The highest BCUT2D eigenvalue weighted by molar-refractivity contribution is 6.10. The number of ketones is 1. The summed E-state index contributed by atoms with van der Waals surface area (Å²) < 4.78 is 14.3. The second-order valence-corrected chi connectivity index (χ2v) is 15.7. The Hall–Kier alpha value is -3.96. The fourth-order valence-corrected chi connectivity index (χ4v) is 10.9. The van der Waals surface area contributed by atoms with Gasteiger partial charge in [0.2, 0.25) is 0 Å². The number of carbonyl (C=O) groups excluding carboxylic acids is 3. The maximum absolute atomic E-state index is 14.3. The van der Waals surface area contributed by atoms with Gasteiger partial charge in [-0.15, -0.1) is 0 Å². The Balaban J connectivity index is 0.938. The number of aromatic amines is 1. The number of hydrogen-bond donors (Lipinski definition) is 4. The number of aliphatic hydroxyl groups is 1. The van der Waals surface area contributed by atoms with E-state index < -0.39 is 17.3 Å². The molecule has 48 heavy (non-hydrogen) atoms. The average molecular weight is 650 g/mol. The molecule has 4 fully saturated rings. The monoisotopic (exact) mass is 649 g/mol. The molecule has 0 bridgehead atoms. The molecular formula is C40H44FN3O4. The highest BCUT2D eigenvalue weighted by atomic mass is 19.1. The molecule has 7 nitrogen and oxygen atoms in total. The first kappa shape index (κ1) is 31.3. The lowest BCUT2D eigenvalue weighted by Gasteiger charge is -2.60. The normalized spacial score (nSPS) is 33.8. The zero-order valence-corrected chi connectivity index (χ0v) is 27.8. The lowest BCUT2D eigenvalue weighted by Crippen LogP contribution is -2.56. The summed E-state index contributed by atoms with van der Waals surface area (Å²) in [6, 6.07) is 10.5. The molecule has 8 rings (SSSR count). The van der Waals surface area contributed by atoms with Crippen molar-refractivity contribution in [2.24, 2.45) is 34.5 Å². The van der Waals surface area contributed by atoms with Gasteiger partial charge in [0.15, 0.2) is 0 Å². The van der Waals surface area contributed by atoms with Gasteiger partial charge in [-0.05, 0) is 115 Å². The minimum Gasteiger partial charge on any atom is -0.377 e. The Morgan fingerprint density at radius 2 is 1.81 bits per heavy atom. The summed E-state index contributed by atoms with van der Waals surface area (Å²) in [7, 11) is 0. The van der Waals surface area contributed by atoms with E-state index in [1.54, 1.807) is 0 Å². The zero-order chi connectivity index (χ0) is 33.4. The first-order chi connectivity index (χ1) is 23.0. The van der Waals surface area contributed by atoms with E-state index >= 15 is 0 Å². The van der Waals surface area contributed by atoms with E-state index in [9.17, 15) is 23.9 Å². The summed E-state index contributed by atoms with van der Waals surface area (Å²) in [6.07, 6.45) is 8.78. The molecule has 8 heteroatoms. The number of aromatic nitrogens is 1. The minimum absolute atomic E-state index is 0.217. The van der Waals surface area contributed by atoms with Gasteiger partial charge in [0.1, 0.15) is 17.2 Å². The highest BCUT2D eigenvalue weighted by Crippen LogP contribution is 2.68. The number of nitrogens with one attached hydrogen (secondary N) is 3. The number of Topliss-reactive ketones (excluding diaryl/α,β-unsaturated/α-hetero) is 1. The van der Waals surface area contributed by atoms with Crippen LogP contribution in [0.4, 0.5) is 4.39 Å². The summed E-state index contributed by atoms with van der Waals surface area (Å²) >= 11 is 0. The largest absolute Gasteiger partial charge is 0.377 e. The molecule has 4 saturated carbocycles. The maximum Gasteiger partial charge on any atom is 0.296 e. The second-order valence-electron chi connectivity index (χ2n) is 15.7. The van der Waals surface area contributed by atoms with Gasteiger partial charge in [-0.3, -0.25) is 14.4 Å². The predicted molar refractivity (Wildman–Crippen MR) is 181 cm³/mol. The number of H-pyrrole nitrogens is 1. The molecule has 3 aromatic rings. The Bertz CT molecular complexity index is 1900. The van der Waals surface area contributed by atoms with Crippen molar-refractivity contribution in [1.82, 2.24) is 15.6 Å². The molecule has 5 aliphatic rings. The molecule has 7 atom stereocenters. The van der Waals surface area contributed by atoms with Gasteiger partial charge in [-0.25, -0.2) is 4.39 Å². The molecule has 0 spiro atoms. The lowest BCUT2D eigenvalue weighted by atomic mass is 9.44. The number of halogens is 1. The van der Waals surface area contributed by atoms with Crippen LogP contribution >= 0.6 is 0 Å². The van der Waals surface area contributed by atoms with Crippen molar-refractivity contribution in [2.75, 3.05) is 6.54 Å². The molecule has 2 heterocycles. The van der Waals surface area contributed by atoms with E-state index in [0.717, 1.165) is 72.7 Å². The van der Waals surface area contributed by atoms with E-state index in [-0.39, 0.29) is 16.7 Å². The van der Waals surface area contributed by atoms with Crippen LogP contribution in [-0.2, 0) is 22.6 Å². The fraction of sp³-hybridized carbons (Fsp3) is 0.525. The molecule has 1 aromatic heterocycles. The van der Waals surface area contributed by atoms with Crippen LogP contribution in [-0.4, -0.2) is 39.8 Å². The van der Waals surface area contributed by atoms with Crippen molar-refractivity contribution >= 4 is 28.5 Å². The molecule has 4 N–H and O–H groups in total. The molecule has 4 aliphatic carbocycles. The van der Waals surface area contributed by atoms with Crippen molar-refractivity contribution in [1.29, 1.82) is 0 Å². The predicted octanol–water partition coefficient (Wildman–Crippen LogP) is 6.22. The van der Waals surface area contributed by atoms with Crippen LogP contribution < -0.4 is 10.6 Å². The minimum atomic E-state index is -1.19. The molecule has 250 valence electrons. The third kappa shape index (κ3) is 4.83. The summed E-state index contributed by atoms with van der Waals surface area (Å²) in [5.74, 6) is 7.14. The van der Waals surface area contributed by atoms with Crippen molar-refractivity contribution < 1.29 is 23.9 Å². The van der Waals surface area contributed by atoms with Gasteiger partial charge in [0.25, 0.3) is 11.8 Å². The van der Waals surface area contributed by atoms with Gasteiger partial charge in [-0.1, -0.05) is 44.0 Å². The number of amides is 2. The number of carbonyl (C=O) groups is 3. The number of benzene rings is 2. The van der Waals surface area contributed by atoms with Gasteiger partial charge < -0.3 is 20.7 Å². The van der Waals surface area contributed by atoms with Crippen molar-refractivity contribution in [3.8, 4) is 23.1 Å². The smallest absolute Gasteiger partial charge is 0.296 e. The SMILES string of the molecule is C[C@]12CCC(=O)C[C@@H]1CC[C@@H]1[C@@H]2CC[C@@]2(C)[C@H]1CC[C@@]2(O)C#CC(=O)NCc1ccc(-c2[nH]c3cc(F)cc4c3c2CCNC4=O)cc1. The quantitative estimate of drug-likeness (QED) is 0.253. The van der Waals surface area contributed by atoms with Crippen LogP contribution in [0.1, 0.15) is 93.1 Å². The van der Waals surface area contributed by atoms with E-state index in [1.807, 2.05) is 24.3 Å². The van der Waals surface area contributed by atoms with E-state index in [2.05, 4.69) is 41.3 Å². The Labute approximate surface area is 280 Å². The Kier molecular flexibility index (Phi) is 7.37. The summed E-state index contributed by atoms with van der Waals surface area (Å²) in [6.45, 7) is 5.40. The van der Waals surface area contributed by atoms with E-state index in [0.29, 0.717) is 72.9 Å². The van der Waals surface area contributed by atoms with Crippen LogP contribution in [0.5, 0.6) is 0 Å². The Morgan fingerprint density at radius 1 is 1.02 bits per heavy atom. The molecular weight excluding hydrogens is 605 g/mol. The third-order valence-electron chi connectivity index (χ3n) is 13.6. The first-order valence-electron chi connectivity index (χ1n) is 17.8. The molecule has 1 aliphatic heterocycles. The van der Waals surface area contributed by atoms with Crippen LogP contribution in [0, 0.1) is 52.2 Å². The molecule has 0 saturated heterocycles. The third-order valence-corrected chi connectivity index (χ3v) is 13.6.